The van der Waals surface area contributed by atoms with Crippen LogP contribution in [0.5, 0.6) is 0 Å². The molecule has 0 fully saturated rings. The maximum absolute atomic E-state index is 13.9. The molecule has 1 amide bonds. The van der Waals surface area contributed by atoms with Gasteiger partial charge in [0.25, 0.3) is 0 Å². The number of aliphatic hydroxyl groups excluding tert-OH is 1. The van der Waals surface area contributed by atoms with Crippen molar-refractivity contribution >= 4 is 11.6 Å². The summed E-state index contributed by atoms with van der Waals surface area (Å²) in [5.74, 6) is -0.241. The number of carbonyl (C=O) groups is 1. The van der Waals surface area contributed by atoms with Gasteiger partial charge >= 0.3 is 0 Å². The number of aliphatic hydroxyl groups is 1. The van der Waals surface area contributed by atoms with E-state index in [1.807, 2.05) is 13.8 Å². The van der Waals surface area contributed by atoms with Crippen molar-refractivity contribution in [3.8, 4) is 0 Å². The highest BCUT2D eigenvalue weighted by Gasteiger charge is 2.18. The zero-order valence-corrected chi connectivity index (χ0v) is 12.5. The monoisotopic (exact) mass is 282 g/mol. The molecule has 0 aliphatic heterocycles. The first-order chi connectivity index (χ1) is 9.32. The fraction of sp³-hybridized carbons (Fsp3) is 0.533. The summed E-state index contributed by atoms with van der Waals surface area (Å²) in [6, 6.07) is 4.53. The van der Waals surface area contributed by atoms with Crippen LogP contribution in [-0.4, -0.2) is 31.2 Å². The van der Waals surface area contributed by atoms with Crippen LogP contribution in [0.4, 0.5) is 10.1 Å². The average molecular weight is 282 g/mol. The lowest BCUT2D eigenvalue weighted by Gasteiger charge is -2.24. The Morgan fingerprint density at radius 2 is 2.05 bits per heavy atom. The molecule has 1 aromatic rings. The van der Waals surface area contributed by atoms with Crippen molar-refractivity contribution in [3.05, 3.63) is 29.6 Å². The van der Waals surface area contributed by atoms with Crippen molar-refractivity contribution in [2.45, 2.75) is 26.9 Å². The number of halogens is 1. The lowest BCUT2D eigenvalue weighted by atomic mass is 10.1. The highest BCUT2D eigenvalue weighted by molar-refractivity contribution is 5.81. The van der Waals surface area contributed by atoms with Gasteiger partial charge < -0.3 is 15.3 Å². The van der Waals surface area contributed by atoms with Gasteiger partial charge in [-0.15, -0.1) is 0 Å². The molecule has 20 heavy (non-hydrogen) atoms. The Kier molecular flexibility index (Phi) is 5.95. The van der Waals surface area contributed by atoms with E-state index in [4.69, 9.17) is 0 Å². The van der Waals surface area contributed by atoms with Gasteiger partial charge in [-0.1, -0.05) is 26.0 Å². The smallest absolute Gasteiger partial charge is 0.239 e. The minimum atomic E-state index is -0.790. The van der Waals surface area contributed by atoms with Crippen molar-refractivity contribution in [2.24, 2.45) is 5.92 Å². The van der Waals surface area contributed by atoms with Gasteiger partial charge in [-0.25, -0.2) is 4.39 Å². The molecule has 0 bridgehead atoms. The van der Waals surface area contributed by atoms with E-state index in [1.54, 1.807) is 26.1 Å². The second-order valence-corrected chi connectivity index (χ2v) is 5.41. The number of nitrogens with zero attached hydrogens (tertiary/aromatic N) is 1. The van der Waals surface area contributed by atoms with Crippen LogP contribution in [0.2, 0.25) is 0 Å². The third-order valence-corrected chi connectivity index (χ3v) is 2.94. The normalized spacial score (nSPS) is 12.3. The van der Waals surface area contributed by atoms with Crippen molar-refractivity contribution in [3.63, 3.8) is 0 Å². The highest BCUT2D eigenvalue weighted by Crippen LogP contribution is 2.28. The summed E-state index contributed by atoms with van der Waals surface area (Å²) in [7, 11) is 1.64. The molecule has 1 aromatic carbocycles. The average Bonchev–Trinajstić information content (AvgIpc) is 2.35. The van der Waals surface area contributed by atoms with E-state index < -0.39 is 11.9 Å². The number of anilines is 1. The van der Waals surface area contributed by atoms with Crippen LogP contribution in [0.15, 0.2) is 18.2 Å². The second-order valence-electron chi connectivity index (χ2n) is 5.41. The van der Waals surface area contributed by atoms with Crippen molar-refractivity contribution in [2.75, 3.05) is 25.0 Å². The lowest BCUT2D eigenvalue weighted by Crippen LogP contribution is -2.37. The van der Waals surface area contributed by atoms with Crippen LogP contribution in [0.3, 0.4) is 0 Å². The van der Waals surface area contributed by atoms with E-state index in [0.717, 1.165) is 0 Å². The summed E-state index contributed by atoms with van der Waals surface area (Å²) < 4.78 is 13.9. The highest BCUT2D eigenvalue weighted by atomic mass is 19.1. The predicted octanol–water partition coefficient (Wildman–Crippen LogP) is 2.09. The summed E-state index contributed by atoms with van der Waals surface area (Å²) in [4.78, 5) is 13.3. The molecule has 0 spiro atoms. The van der Waals surface area contributed by atoms with Gasteiger partial charge in [-0.05, 0) is 18.9 Å². The molecule has 0 saturated carbocycles. The minimum Gasteiger partial charge on any atom is -0.389 e. The fourth-order valence-electron chi connectivity index (χ4n) is 1.94. The second kappa shape index (κ2) is 7.24. The van der Waals surface area contributed by atoms with E-state index in [2.05, 4.69) is 5.32 Å². The van der Waals surface area contributed by atoms with Gasteiger partial charge in [0.2, 0.25) is 5.91 Å². The van der Waals surface area contributed by atoms with Gasteiger partial charge in [0.1, 0.15) is 5.82 Å². The molecular formula is C15H23FN2O2. The first kappa shape index (κ1) is 16.4. The first-order valence-electron chi connectivity index (χ1n) is 6.77. The van der Waals surface area contributed by atoms with Crippen LogP contribution >= 0.6 is 0 Å². The topological polar surface area (TPSA) is 52.6 Å². The van der Waals surface area contributed by atoms with Crippen LogP contribution in [0, 0.1) is 11.7 Å². The van der Waals surface area contributed by atoms with Gasteiger partial charge in [0.15, 0.2) is 0 Å². The molecule has 5 heteroatoms. The van der Waals surface area contributed by atoms with Crippen molar-refractivity contribution in [1.29, 1.82) is 0 Å². The molecule has 1 atom stereocenters. The van der Waals surface area contributed by atoms with Gasteiger partial charge in [0.05, 0.1) is 18.3 Å². The molecule has 112 valence electrons. The Balaban J connectivity index is 2.82. The standard InChI is InChI=1S/C15H23FN2O2/c1-10(2)8-17-14(20)9-18(4)15-12(11(3)19)6-5-7-13(15)16/h5-7,10-11,19H,8-9H2,1-4H3,(H,17,20)/t11-/m0/s1. The summed E-state index contributed by atoms with van der Waals surface area (Å²) in [6.45, 7) is 6.23. The molecule has 0 aliphatic rings. The van der Waals surface area contributed by atoms with E-state index in [0.29, 0.717) is 18.0 Å². The number of hydrogen-bond donors (Lipinski definition) is 2. The molecule has 0 aliphatic carbocycles. The van der Waals surface area contributed by atoms with E-state index in [-0.39, 0.29) is 18.1 Å². The number of hydrogen-bond acceptors (Lipinski definition) is 3. The number of para-hydroxylation sites is 1. The Bertz CT molecular complexity index is 461. The van der Waals surface area contributed by atoms with Crippen LogP contribution in [0.1, 0.15) is 32.4 Å². The summed E-state index contributed by atoms with van der Waals surface area (Å²) in [6.07, 6.45) is -0.790. The number of carbonyl (C=O) groups excluding carboxylic acids is 1. The third-order valence-electron chi connectivity index (χ3n) is 2.94. The van der Waals surface area contributed by atoms with Crippen LogP contribution in [0.25, 0.3) is 0 Å². The van der Waals surface area contributed by atoms with E-state index >= 15 is 0 Å². The van der Waals surface area contributed by atoms with Crippen molar-refractivity contribution in [1.82, 2.24) is 5.32 Å². The first-order valence-corrected chi connectivity index (χ1v) is 6.77. The Morgan fingerprint density at radius 1 is 1.40 bits per heavy atom. The summed E-state index contributed by atoms with van der Waals surface area (Å²) >= 11 is 0. The molecule has 1 rings (SSSR count). The maximum atomic E-state index is 13.9. The zero-order valence-electron chi connectivity index (χ0n) is 12.5. The number of rotatable bonds is 6. The Morgan fingerprint density at radius 3 is 2.60 bits per heavy atom. The van der Waals surface area contributed by atoms with Gasteiger partial charge in [-0.3, -0.25) is 4.79 Å². The Labute approximate surface area is 119 Å². The van der Waals surface area contributed by atoms with Gasteiger partial charge in [-0.2, -0.15) is 0 Å². The molecule has 4 nitrogen and oxygen atoms in total. The maximum Gasteiger partial charge on any atom is 0.239 e. The third kappa shape index (κ3) is 4.49. The molecular weight excluding hydrogens is 259 g/mol. The van der Waals surface area contributed by atoms with Crippen LogP contribution in [-0.2, 0) is 4.79 Å². The Hall–Kier alpha value is -1.62. The summed E-state index contributed by atoms with van der Waals surface area (Å²) in [5.41, 5.74) is 0.742. The predicted molar refractivity (Wildman–Crippen MR) is 78.2 cm³/mol. The molecule has 0 saturated heterocycles. The number of amides is 1. The number of benzene rings is 1. The number of nitrogens with one attached hydrogen (secondary N) is 1. The van der Waals surface area contributed by atoms with Crippen LogP contribution < -0.4 is 10.2 Å². The quantitative estimate of drug-likeness (QED) is 0.840. The van der Waals surface area contributed by atoms with Gasteiger partial charge in [0, 0.05) is 19.2 Å². The lowest BCUT2D eigenvalue weighted by molar-refractivity contribution is -0.119. The molecule has 2 N–H and O–H groups in total. The molecule has 0 radical (unpaired) electrons. The fourth-order valence-corrected chi connectivity index (χ4v) is 1.94. The molecule has 0 unspecified atom stereocenters. The SMILES string of the molecule is CC(C)CNC(=O)CN(C)c1c(F)cccc1[C@H](C)O. The van der Waals surface area contributed by atoms with E-state index in [9.17, 15) is 14.3 Å². The summed E-state index contributed by atoms with van der Waals surface area (Å²) in [5, 5.41) is 12.5. The van der Waals surface area contributed by atoms with Crippen molar-refractivity contribution < 1.29 is 14.3 Å². The van der Waals surface area contributed by atoms with E-state index in [1.165, 1.54) is 11.0 Å². The largest absolute Gasteiger partial charge is 0.389 e. The molecule has 0 heterocycles. The zero-order chi connectivity index (χ0) is 15.3. The molecule has 0 aromatic heterocycles. The number of likely N-dealkylation sites (N-methyl/N-ethyl adjacent to an activating group) is 1. The minimum absolute atomic E-state index is 0.0490.